The van der Waals surface area contributed by atoms with E-state index in [1.807, 2.05) is 41.5 Å². The maximum atomic E-state index is 5.70. The highest BCUT2D eigenvalue weighted by Crippen LogP contribution is 2.03. The van der Waals surface area contributed by atoms with Gasteiger partial charge in [0.2, 0.25) is 0 Å². The van der Waals surface area contributed by atoms with Crippen LogP contribution in [-0.2, 0) is 14.2 Å². The summed E-state index contributed by atoms with van der Waals surface area (Å²) in [5, 5.41) is 0. The summed E-state index contributed by atoms with van der Waals surface area (Å²) in [5.41, 5.74) is 0. The van der Waals surface area contributed by atoms with Gasteiger partial charge in [0.05, 0.1) is 31.5 Å². The smallest absolute Gasteiger partial charge is 0.104 e. The van der Waals surface area contributed by atoms with Gasteiger partial charge in [0, 0.05) is 0 Å². The lowest BCUT2D eigenvalue weighted by Gasteiger charge is -2.22. The Morgan fingerprint density at radius 1 is 0.667 bits per heavy atom. The van der Waals surface area contributed by atoms with Crippen LogP contribution in [0.1, 0.15) is 41.5 Å². The summed E-state index contributed by atoms with van der Waals surface area (Å²) < 4.78 is 16.8. The summed E-state index contributed by atoms with van der Waals surface area (Å²) in [4.78, 5) is 0. The highest BCUT2D eigenvalue weighted by molar-refractivity contribution is 4.59. The van der Waals surface area contributed by atoms with Crippen LogP contribution in [0, 0.1) is 0 Å². The number of hydrogen-bond acceptors (Lipinski definition) is 3. The molecular weight excluding hydrogens is 192 g/mol. The Labute approximate surface area is 94.1 Å². The minimum Gasteiger partial charge on any atom is -0.376 e. The van der Waals surface area contributed by atoms with Gasteiger partial charge in [-0.25, -0.2) is 0 Å². The second kappa shape index (κ2) is 8.08. The van der Waals surface area contributed by atoms with E-state index in [1.54, 1.807) is 0 Å². The van der Waals surface area contributed by atoms with Gasteiger partial charge in [-0.2, -0.15) is 0 Å². The Bertz CT molecular complexity index is 132. The van der Waals surface area contributed by atoms with Gasteiger partial charge in [-0.05, 0) is 41.5 Å². The Balaban J connectivity index is 3.84. The number of hydrogen-bond donors (Lipinski definition) is 0. The van der Waals surface area contributed by atoms with Crippen LogP contribution in [0.25, 0.3) is 0 Å². The lowest BCUT2D eigenvalue weighted by atomic mass is 10.3. The van der Waals surface area contributed by atoms with E-state index in [0.29, 0.717) is 13.2 Å². The van der Waals surface area contributed by atoms with Crippen LogP contribution < -0.4 is 0 Å². The van der Waals surface area contributed by atoms with Crippen LogP contribution in [0.3, 0.4) is 0 Å². The first kappa shape index (κ1) is 14.9. The van der Waals surface area contributed by atoms with Crippen molar-refractivity contribution in [1.82, 2.24) is 0 Å². The fourth-order valence-corrected chi connectivity index (χ4v) is 1.11. The normalized spacial score (nSPS) is 12.4. The molecule has 0 fully saturated rings. The second-order valence-corrected chi connectivity index (χ2v) is 4.57. The molecule has 0 radical (unpaired) electrons. The van der Waals surface area contributed by atoms with E-state index in [2.05, 4.69) is 0 Å². The molecule has 0 bridgehead atoms. The van der Waals surface area contributed by atoms with Crippen LogP contribution in [0.4, 0.5) is 0 Å². The van der Waals surface area contributed by atoms with E-state index in [-0.39, 0.29) is 24.4 Å². The van der Waals surface area contributed by atoms with Gasteiger partial charge in [-0.3, -0.25) is 0 Å². The SMILES string of the molecule is CC(C)OCC(COC(C)C)OC(C)C. The standard InChI is InChI=1S/C12H26O3/c1-9(2)13-7-12(15-11(5)6)8-14-10(3)4/h9-12H,7-8H2,1-6H3. The molecule has 0 rings (SSSR count). The van der Waals surface area contributed by atoms with Crippen molar-refractivity contribution in [2.24, 2.45) is 0 Å². The monoisotopic (exact) mass is 218 g/mol. The highest BCUT2D eigenvalue weighted by Gasteiger charge is 2.13. The summed E-state index contributed by atoms with van der Waals surface area (Å²) in [7, 11) is 0. The first-order valence-electron chi connectivity index (χ1n) is 5.80. The van der Waals surface area contributed by atoms with Crippen LogP contribution in [0.5, 0.6) is 0 Å². The van der Waals surface area contributed by atoms with Crippen molar-refractivity contribution in [3.63, 3.8) is 0 Å². The third-order valence-corrected chi connectivity index (χ3v) is 1.70. The van der Waals surface area contributed by atoms with E-state index in [1.165, 1.54) is 0 Å². The first-order valence-corrected chi connectivity index (χ1v) is 5.80. The van der Waals surface area contributed by atoms with Crippen molar-refractivity contribution in [2.45, 2.75) is 66.0 Å². The quantitative estimate of drug-likeness (QED) is 0.627. The average Bonchev–Trinajstić information content (AvgIpc) is 2.08. The molecule has 0 aromatic rings. The zero-order valence-corrected chi connectivity index (χ0v) is 10.9. The molecule has 0 aliphatic rings. The van der Waals surface area contributed by atoms with Crippen LogP contribution >= 0.6 is 0 Å². The predicted molar refractivity (Wildman–Crippen MR) is 62.2 cm³/mol. The van der Waals surface area contributed by atoms with E-state index < -0.39 is 0 Å². The fraction of sp³-hybridized carbons (Fsp3) is 1.00. The van der Waals surface area contributed by atoms with Crippen molar-refractivity contribution in [3.8, 4) is 0 Å². The molecule has 0 heterocycles. The average molecular weight is 218 g/mol. The largest absolute Gasteiger partial charge is 0.376 e. The lowest BCUT2D eigenvalue weighted by Crippen LogP contribution is -2.30. The van der Waals surface area contributed by atoms with E-state index in [4.69, 9.17) is 14.2 Å². The molecule has 0 saturated carbocycles. The molecule has 0 amide bonds. The van der Waals surface area contributed by atoms with Gasteiger partial charge in [0.25, 0.3) is 0 Å². The van der Waals surface area contributed by atoms with Crippen molar-refractivity contribution < 1.29 is 14.2 Å². The number of rotatable bonds is 8. The Hall–Kier alpha value is -0.120. The maximum absolute atomic E-state index is 5.70. The molecule has 0 N–H and O–H groups in total. The molecule has 0 unspecified atom stereocenters. The summed E-state index contributed by atoms with van der Waals surface area (Å²) in [5.74, 6) is 0. The molecule has 0 saturated heterocycles. The molecule has 3 heteroatoms. The topological polar surface area (TPSA) is 27.7 Å². The van der Waals surface area contributed by atoms with E-state index in [9.17, 15) is 0 Å². The highest BCUT2D eigenvalue weighted by atomic mass is 16.6. The molecule has 0 aliphatic heterocycles. The van der Waals surface area contributed by atoms with E-state index >= 15 is 0 Å². The van der Waals surface area contributed by atoms with Gasteiger partial charge in [-0.1, -0.05) is 0 Å². The Kier molecular flexibility index (Phi) is 8.02. The molecule has 0 aliphatic carbocycles. The predicted octanol–water partition coefficient (Wildman–Crippen LogP) is 2.63. The van der Waals surface area contributed by atoms with Gasteiger partial charge in [0.15, 0.2) is 0 Å². The zero-order chi connectivity index (χ0) is 11.8. The van der Waals surface area contributed by atoms with Crippen LogP contribution in [0.2, 0.25) is 0 Å². The minimum atomic E-state index is 0.0369. The molecule has 3 nitrogen and oxygen atoms in total. The van der Waals surface area contributed by atoms with Crippen LogP contribution in [-0.4, -0.2) is 37.6 Å². The summed E-state index contributed by atoms with van der Waals surface area (Å²) in [6.07, 6.45) is 0.723. The first-order chi connectivity index (χ1) is 6.91. The van der Waals surface area contributed by atoms with E-state index in [0.717, 1.165) is 0 Å². The van der Waals surface area contributed by atoms with Gasteiger partial charge >= 0.3 is 0 Å². The molecule has 0 atom stereocenters. The van der Waals surface area contributed by atoms with Crippen LogP contribution in [0.15, 0.2) is 0 Å². The second-order valence-electron chi connectivity index (χ2n) is 4.57. The third-order valence-electron chi connectivity index (χ3n) is 1.70. The van der Waals surface area contributed by atoms with Crippen molar-refractivity contribution in [3.05, 3.63) is 0 Å². The maximum Gasteiger partial charge on any atom is 0.104 e. The zero-order valence-electron chi connectivity index (χ0n) is 10.9. The summed E-state index contributed by atoms with van der Waals surface area (Å²) in [6, 6.07) is 0. The Morgan fingerprint density at radius 3 is 1.33 bits per heavy atom. The van der Waals surface area contributed by atoms with Gasteiger partial charge in [-0.15, -0.1) is 0 Å². The molecule has 0 spiro atoms. The molecule has 0 aromatic heterocycles. The van der Waals surface area contributed by atoms with Crippen molar-refractivity contribution in [1.29, 1.82) is 0 Å². The molecule has 15 heavy (non-hydrogen) atoms. The summed E-state index contributed by atoms with van der Waals surface area (Å²) in [6.45, 7) is 13.3. The van der Waals surface area contributed by atoms with Gasteiger partial charge in [0.1, 0.15) is 6.10 Å². The third kappa shape index (κ3) is 10.2. The number of ether oxygens (including phenoxy) is 3. The summed E-state index contributed by atoms with van der Waals surface area (Å²) >= 11 is 0. The minimum absolute atomic E-state index is 0.0369. The lowest BCUT2D eigenvalue weighted by molar-refractivity contribution is -0.0992. The Morgan fingerprint density at radius 2 is 1.07 bits per heavy atom. The molecule has 0 aromatic carbocycles. The molecular formula is C12H26O3. The van der Waals surface area contributed by atoms with Crippen molar-refractivity contribution >= 4 is 0 Å². The van der Waals surface area contributed by atoms with Crippen molar-refractivity contribution in [2.75, 3.05) is 13.2 Å². The molecule has 92 valence electrons. The fourth-order valence-electron chi connectivity index (χ4n) is 1.11. The van der Waals surface area contributed by atoms with Gasteiger partial charge < -0.3 is 14.2 Å².